The van der Waals surface area contributed by atoms with Crippen molar-refractivity contribution in [2.75, 3.05) is 27.2 Å². The van der Waals surface area contributed by atoms with Gasteiger partial charge in [0.05, 0.1) is 0 Å². The van der Waals surface area contributed by atoms with Crippen LogP contribution in [0.5, 0.6) is 0 Å². The van der Waals surface area contributed by atoms with Gasteiger partial charge in [0.2, 0.25) is 0 Å². The summed E-state index contributed by atoms with van der Waals surface area (Å²) in [5.41, 5.74) is 4.14. The second-order valence-corrected chi connectivity index (χ2v) is 5.94. The van der Waals surface area contributed by atoms with Crippen molar-refractivity contribution in [3.05, 3.63) is 34.9 Å². The van der Waals surface area contributed by atoms with Gasteiger partial charge in [-0.3, -0.25) is 0 Å². The largest absolute Gasteiger partial charge is 0.312 e. The molecular weight excluding hydrogens is 232 g/mol. The van der Waals surface area contributed by atoms with Crippen molar-refractivity contribution in [3.8, 4) is 0 Å². The summed E-state index contributed by atoms with van der Waals surface area (Å²) >= 11 is 0. The van der Waals surface area contributed by atoms with E-state index in [1.54, 1.807) is 0 Å². The summed E-state index contributed by atoms with van der Waals surface area (Å²) in [6, 6.07) is 7.14. The maximum absolute atomic E-state index is 3.47. The zero-order valence-electron chi connectivity index (χ0n) is 13.5. The van der Waals surface area contributed by atoms with Crippen molar-refractivity contribution in [1.82, 2.24) is 10.2 Å². The normalized spacial score (nSPS) is 14.7. The van der Waals surface area contributed by atoms with Crippen molar-refractivity contribution < 1.29 is 0 Å². The molecule has 0 amide bonds. The maximum Gasteiger partial charge on any atom is 0.0449 e. The van der Waals surface area contributed by atoms with Gasteiger partial charge < -0.3 is 10.2 Å². The fourth-order valence-corrected chi connectivity index (χ4v) is 2.53. The van der Waals surface area contributed by atoms with Crippen LogP contribution in [0.4, 0.5) is 0 Å². The van der Waals surface area contributed by atoms with Gasteiger partial charge in [-0.15, -0.1) is 0 Å². The van der Waals surface area contributed by atoms with Gasteiger partial charge in [-0.05, 0) is 45.0 Å². The highest BCUT2D eigenvalue weighted by molar-refractivity contribution is 5.33. The van der Waals surface area contributed by atoms with Gasteiger partial charge in [0, 0.05) is 19.1 Å². The van der Waals surface area contributed by atoms with E-state index in [9.17, 15) is 0 Å². The summed E-state index contributed by atoms with van der Waals surface area (Å²) in [6.45, 7) is 11.2. The van der Waals surface area contributed by atoms with Crippen LogP contribution in [0.25, 0.3) is 0 Å². The summed E-state index contributed by atoms with van der Waals surface area (Å²) < 4.78 is 0. The average molecular weight is 262 g/mol. The molecule has 0 saturated carbocycles. The highest BCUT2D eigenvalue weighted by Gasteiger charge is 2.15. The van der Waals surface area contributed by atoms with Crippen LogP contribution in [0.2, 0.25) is 0 Å². The third-order valence-electron chi connectivity index (χ3n) is 3.97. The monoisotopic (exact) mass is 262 g/mol. The third kappa shape index (κ3) is 4.96. The number of rotatable bonds is 7. The molecule has 0 aliphatic carbocycles. The molecule has 19 heavy (non-hydrogen) atoms. The topological polar surface area (TPSA) is 15.3 Å². The van der Waals surface area contributed by atoms with Crippen molar-refractivity contribution in [2.45, 2.75) is 40.2 Å². The van der Waals surface area contributed by atoms with Gasteiger partial charge >= 0.3 is 0 Å². The van der Waals surface area contributed by atoms with E-state index in [1.165, 1.54) is 29.7 Å². The van der Waals surface area contributed by atoms with Gasteiger partial charge in [0.25, 0.3) is 0 Å². The summed E-state index contributed by atoms with van der Waals surface area (Å²) in [5, 5.41) is 3.47. The summed E-state index contributed by atoms with van der Waals surface area (Å²) in [6.07, 6.45) is 1.25. The van der Waals surface area contributed by atoms with Crippen molar-refractivity contribution in [3.63, 3.8) is 0 Å². The minimum Gasteiger partial charge on any atom is -0.312 e. The highest BCUT2D eigenvalue weighted by atomic mass is 15.1. The number of hydrogen-bond acceptors (Lipinski definition) is 2. The molecule has 2 nitrogen and oxygen atoms in total. The van der Waals surface area contributed by atoms with Crippen molar-refractivity contribution in [2.24, 2.45) is 5.92 Å². The molecule has 0 radical (unpaired) electrons. The number of benzene rings is 1. The minimum absolute atomic E-state index is 0.411. The van der Waals surface area contributed by atoms with Crippen LogP contribution in [-0.2, 0) is 0 Å². The molecule has 0 bridgehead atoms. The Kier molecular flexibility index (Phi) is 6.53. The SMILES string of the molecule is CCC(C)CN(C)CC(NC)c1cc(C)ccc1C. The first-order valence-electron chi connectivity index (χ1n) is 7.40. The summed E-state index contributed by atoms with van der Waals surface area (Å²) in [5.74, 6) is 0.765. The number of nitrogens with one attached hydrogen (secondary N) is 1. The first kappa shape index (κ1) is 16.2. The van der Waals surface area contributed by atoms with E-state index in [4.69, 9.17) is 0 Å². The fraction of sp³-hybridized carbons (Fsp3) is 0.647. The fourth-order valence-electron chi connectivity index (χ4n) is 2.53. The van der Waals surface area contributed by atoms with Gasteiger partial charge in [-0.1, -0.05) is 44.0 Å². The Morgan fingerprint density at radius 3 is 2.47 bits per heavy atom. The molecule has 0 aliphatic rings. The third-order valence-corrected chi connectivity index (χ3v) is 3.97. The zero-order chi connectivity index (χ0) is 14.4. The van der Waals surface area contributed by atoms with Crippen molar-refractivity contribution in [1.29, 1.82) is 0 Å². The number of nitrogens with zero attached hydrogens (tertiary/aromatic N) is 1. The van der Waals surface area contributed by atoms with E-state index < -0.39 is 0 Å². The molecule has 0 aromatic heterocycles. The molecule has 1 aromatic rings. The van der Waals surface area contributed by atoms with E-state index in [1.807, 2.05) is 0 Å². The van der Waals surface area contributed by atoms with E-state index in [2.05, 4.69) is 70.2 Å². The number of aryl methyl sites for hydroxylation is 2. The van der Waals surface area contributed by atoms with E-state index in [0.717, 1.165) is 12.5 Å². The van der Waals surface area contributed by atoms with Gasteiger partial charge in [0.15, 0.2) is 0 Å². The van der Waals surface area contributed by atoms with E-state index in [-0.39, 0.29) is 0 Å². The summed E-state index contributed by atoms with van der Waals surface area (Å²) in [4.78, 5) is 2.44. The molecule has 0 spiro atoms. The van der Waals surface area contributed by atoms with Gasteiger partial charge in [-0.2, -0.15) is 0 Å². The zero-order valence-corrected chi connectivity index (χ0v) is 13.5. The molecule has 2 atom stereocenters. The van der Waals surface area contributed by atoms with E-state index in [0.29, 0.717) is 6.04 Å². The standard InChI is InChI=1S/C17H30N2/c1-7-13(2)11-19(6)12-17(18-5)16-10-14(3)8-9-15(16)4/h8-10,13,17-18H,7,11-12H2,1-6H3. The number of hydrogen-bond donors (Lipinski definition) is 1. The second-order valence-electron chi connectivity index (χ2n) is 5.94. The molecular formula is C17H30N2. The lowest BCUT2D eigenvalue weighted by Crippen LogP contribution is -2.34. The molecule has 1 rings (SSSR count). The molecule has 0 heterocycles. The number of likely N-dealkylation sites (N-methyl/N-ethyl adjacent to an activating group) is 2. The van der Waals surface area contributed by atoms with Crippen LogP contribution >= 0.6 is 0 Å². The molecule has 0 saturated heterocycles. The van der Waals surface area contributed by atoms with Crippen LogP contribution < -0.4 is 5.32 Å². The first-order valence-corrected chi connectivity index (χ1v) is 7.40. The lowest BCUT2D eigenvalue weighted by molar-refractivity contribution is 0.256. The lowest BCUT2D eigenvalue weighted by atomic mass is 9.98. The molecule has 1 N–H and O–H groups in total. The molecule has 0 aliphatic heterocycles. The second kappa shape index (κ2) is 7.66. The van der Waals surface area contributed by atoms with E-state index >= 15 is 0 Å². The predicted molar refractivity (Wildman–Crippen MR) is 84.7 cm³/mol. The van der Waals surface area contributed by atoms with Crippen LogP contribution in [0.3, 0.4) is 0 Å². The van der Waals surface area contributed by atoms with Crippen LogP contribution in [0, 0.1) is 19.8 Å². The predicted octanol–water partition coefficient (Wildman–Crippen LogP) is 3.54. The Bertz CT molecular complexity index is 387. The molecule has 2 heteroatoms. The smallest absolute Gasteiger partial charge is 0.0449 e. The van der Waals surface area contributed by atoms with Crippen LogP contribution in [-0.4, -0.2) is 32.1 Å². The Morgan fingerprint density at radius 1 is 1.21 bits per heavy atom. The quantitative estimate of drug-likeness (QED) is 0.808. The Balaban J connectivity index is 2.75. The highest BCUT2D eigenvalue weighted by Crippen LogP contribution is 2.20. The Morgan fingerprint density at radius 2 is 1.89 bits per heavy atom. The molecule has 0 fully saturated rings. The summed E-state index contributed by atoms with van der Waals surface area (Å²) in [7, 11) is 4.28. The molecule has 1 aromatic carbocycles. The van der Waals surface area contributed by atoms with Crippen LogP contribution in [0.1, 0.15) is 43.0 Å². The lowest BCUT2D eigenvalue weighted by Gasteiger charge is -2.27. The van der Waals surface area contributed by atoms with Crippen molar-refractivity contribution >= 4 is 0 Å². The first-order chi connectivity index (χ1) is 8.97. The maximum atomic E-state index is 3.47. The Labute approximate surface area is 119 Å². The molecule has 108 valence electrons. The van der Waals surface area contributed by atoms with Gasteiger partial charge in [0.1, 0.15) is 0 Å². The Hall–Kier alpha value is -0.860. The van der Waals surface area contributed by atoms with Gasteiger partial charge in [-0.25, -0.2) is 0 Å². The average Bonchev–Trinajstić information content (AvgIpc) is 2.38. The minimum atomic E-state index is 0.411. The molecule has 2 unspecified atom stereocenters. The van der Waals surface area contributed by atoms with Crippen LogP contribution in [0.15, 0.2) is 18.2 Å².